The second-order valence-electron chi connectivity index (χ2n) is 7.95. The van der Waals surface area contributed by atoms with Gasteiger partial charge in [-0.25, -0.2) is 4.79 Å². The monoisotopic (exact) mass is 300 g/mol. The lowest BCUT2D eigenvalue weighted by Crippen LogP contribution is -2.52. The van der Waals surface area contributed by atoms with Gasteiger partial charge in [0.1, 0.15) is 5.60 Å². The normalized spacial score (nSPS) is 24.0. The number of hydrogen-bond donors (Lipinski definition) is 2. The van der Waals surface area contributed by atoms with Crippen molar-refractivity contribution in [3.63, 3.8) is 0 Å². The van der Waals surface area contributed by atoms with Gasteiger partial charge < -0.3 is 20.1 Å². The van der Waals surface area contributed by atoms with E-state index in [0.717, 1.165) is 19.4 Å². The molecule has 1 aliphatic rings. The van der Waals surface area contributed by atoms with Crippen LogP contribution in [0.15, 0.2) is 0 Å². The van der Waals surface area contributed by atoms with Crippen LogP contribution in [0.5, 0.6) is 0 Å². The van der Waals surface area contributed by atoms with Crippen molar-refractivity contribution in [3.8, 4) is 0 Å². The Balaban J connectivity index is 2.45. The van der Waals surface area contributed by atoms with Crippen LogP contribution in [-0.2, 0) is 4.74 Å². The Morgan fingerprint density at radius 2 is 1.95 bits per heavy atom. The van der Waals surface area contributed by atoms with Crippen molar-refractivity contribution >= 4 is 6.09 Å². The molecule has 1 amide bonds. The molecule has 0 radical (unpaired) electrons. The van der Waals surface area contributed by atoms with E-state index in [-0.39, 0.29) is 24.2 Å². The summed E-state index contributed by atoms with van der Waals surface area (Å²) in [5.74, 6) is 0. The molecule has 0 aliphatic carbocycles. The molecule has 2 atom stereocenters. The van der Waals surface area contributed by atoms with Crippen molar-refractivity contribution in [1.82, 2.24) is 10.2 Å². The summed E-state index contributed by atoms with van der Waals surface area (Å²) in [5, 5.41) is 12.8. The minimum Gasteiger partial charge on any atom is -0.444 e. The fourth-order valence-corrected chi connectivity index (χ4v) is 2.43. The largest absolute Gasteiger partial charge is 0.444 e. The van der Waals surface area contributed by atoms with Crippen LogP contribution < -0.4 is 5.32 Å². The van der Waals surface area contributed by atoms with E-state index in [2.05, 4.69) is 12.2 Å². The van der Waals surface area contributed by atoms with Gasteiger partial charge in [-0.05, 0) is 40.5 Å². The third-order valence-electron chi connectivity index (χ3n) is 3.80. The molecular weight excluding hydrogens is 268 g/mol. The Labute approximate surface area is 129 Å². The summed E-state index contributed by atoms with van der Waals surface area (Å²) in [6.45, 7) is 13.5. The average Bonchev–Trinajstić information content (AvgIpc) is 2.34. The van der Waals surface area contributed by atoms with Crippen LogP contribution in [0.25, 0.3) is 0 Å². The number of carbonyl (C=O) groups is 1. The first-order chi connectivity index (χ1) is 9.54. The topological polar surface area (TPSA) is 61.8 Å². The third-order valence-corrected chi connectivity index (χ3v) is 3.80. The number of ether oxygens (including phenoxy) is 1. The van der Waals surface area contributed by atoms with E-state index in [1.807, 2.05) is 39.5 Å². The first-order valence-corrected chi connectivity index (χ1v) is 7.88. The van der Waals surface area contributed by atoms with Crippen LogP contribution >= 0.6 is 0 Å². The van der Waals surface area contributed by atoms with E-state index in [0.29, 0.717) is 12.6 Å². The van der Waals surface area contributed by atoms with E-state index in [9.17, 15) is 9.90 Å². The Bertz CT molecular complexity index is 350. The molecule has 0 saturated carbocycles. The lowest BCUT2D eigenvalue weighted by atomic mass is 9.92. The number of piperidine rings is 1. The number of aliphatic hydroxyl groups is 1. The summed E-state index contributed by atoms with van der Waals surface area (Å²) in [6, 6.07) is 0.563. The van der Waals surface area contributed by atoms with Crippen molar-refractivity contribution in [2.24, 2.45) is 5.41 Å². The number of carbonyl (C=O) groups excluding carboxylic acids is 1. The van der Waals surface area contributed by atoms with Crippen molar-refractivity contribution in [2.45, 2.75) is 72.1 Å². The third kappa shape index (κ3) is 6.22. The zero-order valence-electron chi connectivity index (χ0n) is 14.4. The van der Waals surface area contributed by atoms with Crippen molar-refractivity contribution < 1.29 is 14.6 Å². The summed E-state index contributed by atoms with van der Waals surface area (Å²) in [6.07, 6.45) is 1.62. The fraction of sp³-hybridized carbons (Fsp3) is 0.938. The zero-order chi connectivity index (χ0) is 16.3. The lowest BCUT2D eigenvalue weighted by molar-refractivity contribution is 0.00885. The number of rotatable bonds is 4. The molecular formula is C16H32N2O3. The van der Waals surface area contributed by atoms with E-state index in [1.54, 1.807) is 0 Å². The van der Waals surface area contributed by atoms with E-state index < -0.39 is 5.60 Å². The molecule has 0 aromatic heterocycles. The van der Waals surface area contributed by atoms with Gasteiger partial charge in [0.25, 0.3) is 0 Å². The predicted octanol–water partition coefficient (Wildman–Crippen LogP) is 2.38. The second-order valence-corrected chi connectivity index (χ2v) is 7.95. The quantitative estimate of drug-likeness (QED) is 0.837. The van der Waals surface area contributed by atoms with Crippen LogP contribution in [0.3, 0.4) is 0 Å². The van der Waals surface area contributed by atoms with Gasteiger partial charge in [0.05, 0.1) is 0 Å². The molecule has 0 spiro atoms. The molecule has 5 nitrogen and oxygen atoms in total. The molecule has 2 unspecified atom stereocenters. The first-order valence-electron chi connectivity index (χ1n) is 7.88. The Kier molecular flexibility index (Phi) is 6.05. The molecule has 0 aromatic rings. The minimum absolute atomic E-state index is 0.106. The standard InChI is InChI=1S/C16H32N2O3/c1-12-9-13(17-10-16(5,6)11-19)7-8-18(12)14(20)21-15(2,3)4/h12-13,17,19H,7-11H2,1-6H3. The van der Waals surface area contributed by atoms with E-state index >= 15 is 0 Å². The van der Waals surface area contributed by atoms with Crippen LogP contribution in [0.1, 0.15) is 54.4 Å². The van der Waals surface area contributed by atoms with Gasteiger partial charge in [0, 0.05) is 37.2 Å². The van der Waals surface area contributed by atoms with Gasteiger partial charge in [-0.1, -0.05) is 13.8 Å². The molecule has 124 valence electrons. The summed E-state index contributed by atoms with van der Waals surface area (Å²) < 4.78 is 5.45. The average molecular weight is 300 g/mol. The number of amides is 1. The highest BCUT2D eigenvalue weighted by Crippen LogP contribution is 2.21. The van der Waals surface area contributed by atoms with Crippen LogP contribution in [0, 0.1) is 5.41 Å². The van der Waals surface area contributed by atoms with Gasteiger partial charge in [-0.3, -0.25) is 0 Å². The van der Waals surface area contributed by atoms with Gasteiger partial charge in [-0.15, -0.1) is 0 Å². The molecule has 1 aliphatic heterocycles. The summed E-state index contributed by atoms with van der Waals surface area (Å²) in [5.41, 5.74) is -0.553. The molecule has 2 N–H and O–H groups in total. The van der Waals surface area contributed by atoms with Crippen molar-refractivity contribution in [3.05, 3.63) is 0 Å². The van der Waals surface area contributed by atoms with Gasteiger partial charge in [0.15, 0.2) is 0 Å². The highest BCUT2D eigenvalue weighted by Gasteiger charge is 2.32. The molecule has 0 aromatic carbocycles. The van der Waals surface area contributed by atoms with E-state index in [4.69, 9.17) is 4.74 Å². The number of aliphatic hydroxyl groups excluding tert-OH is 1. The summed E-state index contributed by atoms with van der Waals surface area (Å²) in [4.78, 5) is 14.0. The number of nitrogens with one attached hydrogen (secondary N) is 1. The van der Waals surface area contributed by atoms with Crippen LogP contribution in [-0.4, -0.2) is 53.5 Å². The van der Waals surface area contributed by atoms with Crippen LogP contribution in [0.2, 0.25) is 0 Å². The SMILES string of the molecule is CC1CC(NCC(C)(C)CO)CCN1C(=O)OC(C)(C)C. The highest BCUT2D eigenvalue weighted by molar-refractivity contribution is 5.68. The maximum Gasteiger partial charge on any atom is 0.410 e. The Hall–Kier alpha value is -0.810. The second kappa shape index (κ2) is 6.97. The molecule has 1 saturated heterocycles. The minimum atomic E-state index is -0.447. The maximum absolute atomic E-state index is 12.1. The molecule has 0 bridgehead atoms. The molecule has 5 heteroatoms. The molecule has 1 fully saturated rings. The molecule has 21 heavy (non-hydrogen) atoms. The fourth-order valence-electron chi connectivity index (χ4n) is 2.43. The predicted molar refractivity (Wildman–Crippen MR) is 84.3 cm³/mol. The Morgan fingerprint density at radius 1 is 1.33 bits per heavy atom. The number of hydrogen-bond acceptors (Lipinski definition) is 4. The van der Waals surface area contributed by atoms with Crippen LogP contribution in [0.4, 0.5) is 4.79 Å². The van der Waals surface area contributed by atoms with E-state index in [1.165, 1.54) is 0 Å². The molecule has 1 rings (SSSR count). The summed E-state index contributed by atoms with van der Waals surface area (Å²) in [7, 11) is 0. The van der Waals surface area contributed by atoms with Crippen molar-refractivity contribution in [1.29, 1.82) is 0 Å². The number of nitrogens with zero attached hydrogens (tertiary/aromatic N) is 1. The summed E-state index contributed by atoms with van der Waals surface area (Å²) >= 11 is 0. The molecule has 1 heterocycles. The first kappa shape index (κ1) is 18.2. The van der Waals surface area contributed by atoms with Gasteiger partial charge >= 0.3 is 6.09 Å². The Morgan fingerprint density at radius 3 is 2.43 bits per heavy atom. The lowest BCUT2D eigenvalue weighted by Gasteiger charge is -2.39. The highest BCUT2D eigenvalue weighted by atomic mass is 16.6. The maximum atomic E-state index is 12.1. The smallest absolute Gasteiger partial charge is 0.410 e. The zero-order valence-corrected chi connectivity index (χ0v) is 14.4. The van der Waals surface area contributed by atoms with Gasteiger partial charge in [0.2, 0.25) is 0 Å². The van der Waals surface area contributed by atoms with Crippen molar-refractivity contribution in [2.75, 3.05) is 19.7 Å². The van der Waals surface area contributed by atoms with Gasteiger partial charge in [-0.2, -0.15) is 0 Å². The number of likely N-dealkylation sites (tertiary alicyclic amines) is 1.